The number of carbonyl (C=O) groups excluding carboxylic acids is 2. The topological polar surface area (TPSA) is 92.4 Å². The van der Waals surface area contributed by atoms with Crippen LogP contribution in [0.2, 0.25) is 0 Å². The molecule has 0 radical (unpaired) electrons. The second kappa shape index (κ2) is 9.03. The van der Waals surface area contributed by atoms with Crippen molar-refractivity contribution in [3.63, 3.8) is 0 Å². The molecule has 3 aliphatic rings. The van der Waals surface area contributed by atoms with Gasteiger partial charge in [0.05, 0.1) is 17.8 Å². The zero-order valence-corrected chi connectivity index (χ0v) is 21.7. The Morgan fingerprint density at radius 2 is 1.71 bits per heavy atom. The van der Waals surface area contributed by atoms with Gasteiger partial charge in [0.15, 0.2) is 0 Å². The van der Waals surface area contributed by atoms with Crippen molar-refractivity contribution < 1.29 is 9.59 Å². The molecule has 0 unspecified atom stereocenters. The fourth-order valence-electron chi connectivity index (χ4n) is 5.78. The summed E-state index contributed by atoms with van der Waals surface area (Å²) in [7, 11) is 0. The van der Waals surface area contributed by atoms with E-state index in [1.165, 1.54) is 0 Å². The predicted octanol–water partition coefficient (Wildman–Crippen LogP) is 4.44. The van der Waals surface area contributed by atoms with E-state index < -0.39 is 11.0 Å². The second-order valence-corrected chi connectivity index (χ2v) is 10.2. The van der Waals surface area contributed by atoms with E-state index in [1.54, 1.807) is 11.1 Å². The van der Waals surface area contributed by atoms with Crippen molar-refractivity contribution in [3.8, 4) is 11.1 Å². The maximum absolute atomic E-state index is 14.0. The van der Waals surface area contributed by atoms with Crippen LogP contribution in [0.25, 0.3) is 21.9 Å². The van der Waals surface area contributed by atoms with E-state index in [2.05, 4.69) is 11.1 Å². The first-order valence-corrected chi connectivity index (χ1v) is 13.3. The minimum Gasteiger partial charge on any atom is -0.338 e. The minimum absolute atomic E-state index is 0.0155. The van der Waals surface area contributed by atoms with Crippen LogP contribution in [0.3, 0.4) is 0 Å². The smallest absolute Gasteiger partial charge is 0.242 e. The number of fused-ring (bicyclic) bond motifs is 3. The molecule has 1 saturated carbocycles. The van der Waals surface area contributed by atoms with Crippen LogP contribution in [0.1, 0.15) is 37.9 Å². The standard InChI is InChI=1S/C29H25N5O2.C2H6/c30-29(11-12-29)27(36)33-17-28(18-33)22-9-3-4-10-24(22)34(26(28)35)16-23-25(20-7-5-13-31-14-20)21-8-2-1-6-19(21)15-32-23;1-2/h1-10,13-15H,11-12,16-18,30H2;1-2H3. The number of hydrogen-bond donors (Lipinski definition) is 1. The largest absolute Gasteiger partial charge is 0.338 e. The molecule has 2 aromatic carbocycles. The normalized spacial score (nSPS) is 18.0. The third-order valence-electron chi connectivity index (χ3n) is 7.92. The van der Waals surface area contributed by atoms with Gasteiger partial charge in [-0.2, -0.15) is 0 Å². The molecule has 2 N–H and O–H groups in total. The Balaban J connectivity index is 0.00000129. The molecule has 7 rings (SSSR count). The van der Waals surface area contributed by atoms with E-state index >= 15 is 0 Å². The van der Waals surface area contributed by atoms with Crippen molar-refractivity contribution in [3.05, 3.63) is 90.5 Å². The molecule has 1 spiro atoms. The Bertz CT molecular complexity index is 1540. The van der Waals surface area contributed by atoms with Gasteiger partial charge in [-0.3, -0.25) is 19.6 Å². The molecule has 0 atom stereocenters. The van der Waals surface area contributed by atoms with Crippen molar-refractivity contribution >= 4 is 28.3 Å². The number of amides is 2. The molecular weight excluding hydrogens is 474 g/mol. The molecule has 2 aromatic heterocycles. The maximum atomic E-state index is 14.0. The monoisotopic (exact) mass is 505 g/mol. The molecule has 0 bridgehead atoms. The van der Waals surface area contributed by atoms with Gasteiger partial charge in [0.2, 0.25) is 11.8 Å². The maximum Gasteiger partial charge on any atom is 0.242 e. The number of nitrogens with zero attached hydrogens (tertiary/aromatic N) is 4. The summed E-state index contributed by atoms with van der Waals surface area (Å²) in [5, 5.41) is 2.11. The fraction of sp³-hybridized carbons (Fsp3) is 0.290. The average molecular weight is 506 g/mol. The number of benzene rings is 2. The number of carbonyl (C=O) groups is 2. The van der Waals surface area contributed by atoms with Crippen LogP contribution in [0, 0.1) is 0 Å². The molecule has 1 aliphatic carbocycles. The number of rotatable bonds is 4. The summed E-state index contributed by atoms with van der Waals surface area (Å²) < 4.78 is 0. The molecule has 1 saturated heterocycles. The highest BCUT2D eigenvalue weighted by Crippen LogP contribution is 2.49. The predicted molar refractivity (Wildman–Crippen MR) is 148 cm³/mol. The molecule has 2 aliphatic heterocycles. The summed E-state index contributed by atoms with van der Waals surface area (Å²) in [4.78, 5) is 39.6. The molecule has 2 fully saturated rings. The fourth-order valence-corrected chi connectivity index (χ4v) is 5.78. The number of aromatic nitrogens is 2. The average Bonchev–Trinajstić information content (AvgIpc) is 3.65. The first-order chi connectivity index (χ1) is 18.5. The zero-order valence-electron chi connectivity index (χ0n) is 21.7. The highest BCUT2D eigenvalue weighted by Gasteiger charge is 2.62. The first-order valence-electron chi connectivity index (χ1n) is 13.3. The van der Waals surface area contributed by atoms with Crippen LogP contribution in [-0.2, 0) is 21.5 Å². The van der Waals surface area contributed by atoms with Crippen molar-refractivity contribution in [1.82, 2.24) is 14.9 Å². The summed E-state index contributed by atoms with van der Waals surface area (Å²) in [5.74, 6) is -0.0198. The lowest BCUT2D eigenvalue weighted by Crippen LogP contribution is -2.67. The SMILES string of the molecule is CC.NC1(C(=O)N2CC3(C2)C(=O)N(Cc2ncc4ccccc4c2-c2cccnc2)c2ccccc23)CC1. The lowest BCUT2D eigenvalue weighted by molar-refractivity contribution is -0.146. The Kier molecular flexibility index (Phi) is 5.76. The lowest BCUT2D eigenvalue weighted by atomic mass is 9.74. The van der Waals surface area contributed by atoms with E-state index in [0.717, 1.165) is 51.7 Å². The second-order valence-electron chi connectivity index (χ2n) is 10.2. The molecule has 7 nitrogen and oxygen atoms in total. The van der Waals surface area contributed by atoms with Crippen LogP contribution in [0.15, 0.2) is 79.3 Å². The van der Waals surface area contributed by atoms with Crippen molar-refractivity contribution in [2.24, 2.45) is 5.73 Å². The van der Waals surface area contributed by atoms with Crippen molar-refractivity contribution in [2.75, 3.05) is 18.0 Å². The summed E-state index contributed by atoms with van der Waals surface area (Å²) in [6, 6.07) is 20.0. The number of likely N-dealkylation sites (tertiary alicyclic amines) is 1. The zero-order chi connectivity index (χ0) is 26.5. The van der Waals surface area contributed by atoms with E-state index in [1.807, 2.05) is 85.7 Å². The minimum atomic E-state index is -0.726. The van der Waals surface area contributed by atoms with E-state index in [0.29, 0.717) is 19.6 Å². The van der Waals surface area contributed by atoms with Gasteiger partial charge in [-0.05, 0) is 35.9 Å². The molecule has 4 aromatic rings. The van der Waals surface area contributed by atoms with Gasteiger partial charge in [0.1, 0.15) is 5.41 Å². The summed E-state index contributed by atoms with van der Waals surface area (Å²) in [6.07, 6.45) is 6.90. The molecular formula is C31H31N5O2. The van der Waals surface area contributed by atoms with Gasteiger partial charge < -0.3 is 15.5 Å². The quantitative estimate of drug-likeness (QED) is 0.443. The highest BCUT2D eigenvalue weighted by atomic mass is 16.2. The van der Waals surface area contributed by atoms with Crippen LogP contribution < -0.4 is 10.6 Å². The van der Waals surface area contributed by atoms with Gasteiger partial charge in [0.25, 0.3) is 0 Å². The van der Waals surface area contributed by atoms with Gasteiger partial charge >= 0.3 is 0 Å². The van der Waals surface area contributed by atoms with Gasteiger partial charge in [-0.25, -0.2) is 0 Å². The Morgan fingerprint density at radius 3 is 2.45 bits per heavy atom. The van der Waals surface area contributed by atoms with Gasteiger partial charge in [-0.15, -0.1) is 0 Å². The van der Waals surface area contributed by atoms with Gasteiger partial charge in [0, 0.05) is 53.9 Å². The molecule has 38 heavy (non-hydrogen) atoms. The van der Waals surface area contributed by atoms with E-state index in [9.17, 15) is 9.59 Å². The number of pyridine rings is 2. The molecule has 4 heterocycles. The van der Waals surface area contributed by atoms with Gasteiger partial charge in [-0.1, -0.05) is 62.4 Å². The van der Waals surface area contributed by atoms with Crippen molar-refractivity contribution in [1.29, 1.82) is 0 Å². The molecule has 2 amide bonds. The number of nitrogens with two attached hydrogens (primary N) is 1. The summed E-state index contributed by atoms with van der Waals surface area (Å²) in [5.41, 5.74) is 9.34. The summed E-state index contributed by atoms with van der Waals surface area (Å²) >= 11 is 0. The first kappa shape index (κ1) is 24.2. The van der Waals surface area contributed by atoms with Crippen LogP contribution in [0.5, 0.6) is 0 Å². The van der Waals surface area contributed by atoms with E-state index in [4.69, 9.17) is 10.7 Å². The summed E-state index contributed by atoms with van der Waals surface area (Å²) in [6.45, 7) is 5.08. The Morgan fingerprint density at radius 1 is 0.974 bits per heavy atom. The Labute approximate surface area is 222 Å². The number of para-hydroxylation sites is 1. The lowest BCUT2D eigenvalue weighted by Gasteiger charge is -2.47. The number of anilines is 1. The third kappa shape index (κ3) is 3.61. The highest BCUT2D eigenvalue weighted by molar-refractivity contribution is 6.10. The molecule has 7 heteroatoms. The van der Waals surface area contributed by atoms with Crippen molar-refractivity contribution in [2.45, 2.75) is 44.2 Å². The van der Waals surface area contributed by atoms with Crippen LogP contribution in [-0.4, -0.2) is 45.3 Å². The Hall–Kier alpha value is -4.10. The van der Waals surface area contributed by atoms with Crippen LogP contribution in [0.4, 0.5) is 5.69 Å². The van der Waals surface area contributed by atoms with Crippen LogP contribution >= 0.6 is 0 Å². The third-order valence-corrected chi connectivity index (χ3v) is 7.92. The van der Waals surface area contributed by atoms with E-state index in [-0.39, 0.29) is 11.8 Å². The number of hydrogen-bond acceptors (Lipinski definition) is 5. The molecule has 192 valence electrons.